The third-order valence-electron chi connectivity index (χ3n) is 1.76. The molecule has 0 aromatic heterocycles. The van der Waals surface area contributed by atoms with Crippen LogP contribution in [0.15, 0.2) is 0 Å². The molecule has 11 heavy (non-hydrogen) atoms. The Hall–Kier alpha value is -0.610. The molecule has 1 saturated heterocycles. The Balaban J connectivity index is 2.42. The number of hydrogen-bond acceptors (Lipinski definition) is 3. The lowest BCUT2D eigenvalue weighted by Crippen LogP contribution is -2.56. The third kappa shape index (κ3) is 2.17. The second-order valence-corrected chi connectivity index (χ2v) is 3.41. The van der Waals surface area contributed by atoms with Crippen molar-refractivity contribution in [1.82, 2.24) is 5.32 Å². The van der Waals surface area contributed by atoms with Crippen molar-refractivity contribution in [1.29, 1.82) is 0 Å². The number of morpholine rings is 1. The lowest BCUT2D eigenvalue weighted by Gasteiger charge is -2.34. The maximum absolute atomic E-state index is 10.6. The van der Waals surface area contributed by atoms with Gasteiger partial charge in [-0.1, -0.05) is 0 Å². The molecular weight excluding hydrogens is 144 g/mol. The van der Waals surface area contributed by atoms with E-state index in [1.54, 1.807) is 0 Å². The van der Waals surface area contributed by atoms with Crippen molar-refractivity contribution in [3.05, 3.63) is 0 Å². The lowest BCUT2D eigenvalue weighted by molar-refractivity contribution is -0.127. The zero-order valence-corrected chi connectivity index (χ0v) is 6.89. The smallest absolute Gasteiger partial charge is 0.236 e. The molecule has 0 radical (unpaired) electrons. The van der Waals surface area contributed by atoms with Crippen molar-refractivity contribution >= 4 is 5.91 Å². The van der Waals surface area contributed by atoms with E-state index in [0.29, 0.717) is 13.2 Å². The van der Waals surface area contributed by atoms with E-state index in [9.17, 15) is 4.79 Å². The standard InChI is InChI=1S/C7H14N2O2/c1-7(2)4-9-5(3-11-7)6(8)10/h5,9H,3-4H2,1-2H3,(H2,8,10)/t5-/m0/s1. The maximum Gasteiger partial charge on any atom is 0.236 e. The van der Waals surface area contributed by atoms with Gasteiger partial charge < -0.3 is 15.8 Å². The van der Waals surface area contributed by atoms with E-state index >= 15 is 0 Å². The number of primary amides is 1. The summed E-state index contributed by atoms with van der Waals surface area (Å²) in [5.74, 6) is -0.347. The van der Waals surface area contributed by atoms with Gasteiger partial charge in [0.1, 0.15) is 6.04 Å². The van der Waals surface area contributed by atoms with Gasteiger partial charge in [0.05, 0.1) is 12.2 Å². The van der Waals surface area contributed by atoms with Crippen LogP contribution in [0.3, 0.4) is 0 Å². The molecule has 3 N–H and O–H groups in total. The van der Waals surface area contributed by atoms with Crippen LogP contribution in [0.25, 0.3) is 0 Å². The van der Waals surface area contributed by atoms with Gasteiger partial charge >= 0.3 is 0 Å². The molecule has 1 rings (SSSR count). The fourth-order valence-corrected chi connectivity index (χ4v) is 0.971. The number of hydrogen-bond donors (Lipinski definition) is 2. The summed E-state index contributed by atoms with van der Waals surface area (Å²) in [7, 11) is 0. The first-order valence-corrected chi connectivity index (χ1v) is 3.68. The minimum absolute atomic E-state index is 0.175. The monoisotopic (exact) mass is 158 g/mol. The summed E-state index contributed by atoms with van der Waals surface area (Å²) in [6, 6.07) is -0.317. The Morgan fingerprint density at radius 3 is 2.73 bits per heavy atom. The highest BCUT2D eigenvalue weighted by Gasteiger charge is 2.29. The van der Waals surface area contributed by atoms with Gasteiger partial charge in [0.25, 0.3) is 0 Å². The molecule has 1 fully saturated rings. The van der Waals surface area contributed by atoms with Gasteiger partial charge in [-0.3, -0.25) is 4.79 Å². The van der Waals surface area contributed by atoms with Crippen LogP contribution in [0.4, 0.5) is 0 Å². The number of rotatable bonds is 1. The van der Waals surface area contributed by atoms with Crippen LogP contribution in [0.5, 0.6) is 0 Å². The molecule has 4 nitrogen and oxygen atoms in total. The van der Waals surface area contributed by atoms with Crippen molar-refractivity contribution in [2.24, 2.45) is 5.73 Å². The van der Waals surface area contributed by atoms with E-state index in [0.717, 1.165) is 0 Å². The predicted octanol–water partition coefficient (Wildman–Crippen LogP) is -0.761. The first-order chi connectivity index (χ1) is 5.01. The molecule has 1 aliphatic heterocycles. The minimum atomic E-state index is -0.347. The molecule has 64 valence electrons. The zero-order valence-electron chi connectivity index (χ0n) is 6.89. The van der Waals surface area contributed by atoms with E-state index in [2.05, 4.69) is 5.32 Å². The van der Waals surface area contributed by atoms with Gasteiger partial charge in [-0.2, -0.15) is 0 Å². The average molecular weight is 158 g/mol. The normalized spacial score (nSPS) is 29.8. The number of carbonyl (C=O) groups is 1. The number of carbonyl (C=O) groups excluding carboxylic acids is 1. The topological polar surface area (TPSA) is 64.3 Å². The van der Waals surface area contributed by atoms with Crippen LogP contribution in [0, 0.1) is 0 Å². The summed E-state index contributed by atoms with van der Waals surface area (Å²) in [5.41, 5.74) is 4.90. The van der Waals surface area contributed by atoms with Crippen molar-refractivity contribution in [2.45, 2.75) is 25.5 Å². The molecule has 4 heteroatoms. The third-order valence-corrected chi connectivity index (χ3v) is 1.76. The Morgan fingerprint density at radius 2 is 2.36 bits per heavy atom. The van der Waals surface area contributed by atoms with Crippen LogP contribution >= 0.6 is 0 Å². The molecule has 0 bridgehead atoms. The van der Waals surface area contributed by atoms with E-state index < -0.39 is 0 Å². The molecule has 0 saturated carbocycles. The zero-order chi connectivity index (χ0) is 8.48. The second-order valence-electron chi connectivity index (χ2n) is 3.41. The van der Waals surface area contributed by atoms with Crippen LogP contribution in [-0.2, 0) is 9.53 Å². The Labute approximate surface area is 66.1 Å². The minimum Gasteiger partial charge on any atom is -0.372 e. The van der Waals surface area contributed by atoms with Crippen molar-refractivity contribution < 1.29 is 9.53 Å². The highest BCUT2D eigenvalue weighted by Crippen LogP contribution is 2.12. The number of nitrogens with one attached hydrogen (secondary N) is 1. The SMILES string of the molecule is CC1(C)CN[C@H](C(N)=O)CO1. The molecule has 0 aromatic carbocycles. The van der Waals surface area contributed by atoms with E-state index in [1.807, 2.05) is 13.8 Å². The van der Waals surface area contributed by atoms with Crippen molar-refractivity contribution in [3.8, 4) is 0 Å². The van der Waals surface area contributed by atoms with Gasteiger partial charge in [0.15, 0.2) is 0 Å². The first-order valence-electron chi connectivity index (χ1n) is 3.68. The van der Waals surface area contributed by atoms with Crippen molar-refractivity contribution in [2.75, 3.05) is 13.2 Å². The van der Waals surface area contributed by atoms with Gasteiger partial charge in [0, 0.05) is 6.54 Å². The molecular formula is C7H14N2O2. The summed E-state index contributed by atoms with van der Waals surface area (Å²) in [5, 5.41) is 3.01. The lowest BCUT2D eigenvalue weighted by atomic mass is 10.1. The van der Waals surface area contributed by atoms with Crippen LogP contribution in [-0.4, -0.2) is 30.7 Å². The number of nitrogens with two attached hydrogens (primary N) is 1. The largest absolute Gasteiger partial charge is 0.372 e. The highest BCUT2D eigenvalue weighted by molar-refractivity contribution is 5.80. The summed E-state index contributed by atoms with van der Waals surface area (Å²) in [6.07, 6.45) is 0. The fourth-order valence-electron chi connectivity index (χ4n) is 0.971. The fraction of sp³-hybridized carbons (Fsp3) is 0.857. The summed E-state index contributed by atoms with van der Waals surface area (Å²) in [6.45, 7) is 4.98. The summed E-state index contributed by atoms with van der Waals surface area (Å²) >= 11 is 0. The molecule has 1 aliphatic rings. The molecule has 0 spiro atoms. The van der Waals surface area contributed by atoms with Crippen LogP contribution in [0.2, 0.25) is 0 Å². The van der Waals surface area contributed by atoms with Crippen LogP contribution < -0.4 is 11.1 Å². The van der Waals surface area contributed by atoms with Gasteiger partial charge in [-0.15, -0.1) is 0 Å². The van der Waals surface area contributed by atoms with E-state index in [4.69, 9.17) is 10.5 Å². The Bertz CT molecular complexity index is 158. The second kappa shape index (κ2) is 2.79. The predicted molar refractivity (Wildman–Crippen MR) is 41.0 cm³/mol. The van der Waals surface area contributed by atoms with E-state index in [1.165, 1.54) is 0 Å². The van der Waals surface area contributed by atoms with Crippen molar-refractivity contribution in [3.63, 3.8) is 0 Å². The Morgan fingerprint density at radius 1 is 1.73 bits per heavy atom. The summed E-state index contributed by atoms with van der Waals surface area (Å²) < 4.78 is 5.38. The average Bonchev–Trinajstić information content (AvgIpc) is 1.86. The van der Waals surface area contributed by atoms with Gasteiger partial charge in [0.2, 0.25) is 5.91 Å². The molecule has 0 unspecified atom stereocenters. The number of ether oxygens (including phenoxy) is 1. The van der Waals surface area contributed by atoms with Gasteiger partial charge in [-0.25, -0.2) is 0 Å². The molecule has 0 aliphatic carbocycles. The maximum atomic E-state index is 10.6. The molecule has 1 heterocycles. The van der Waals surface area contributed by atoms with E-state index in [-0.39, 0.29) is 17.6 Å². The molecule has 0 aromatic rings. The summed E-state index contributed by atoms with van der Waals surface area (Å²) in [4.78, 5) is 10.6. The Kier molecular flexibility index (Phi) is 2.15. The molecule has 1 amide bonds. The van der Waals surface area contributed by atoms with Crippen LogP contribution in [0.1, 0.15) is 13.8 Å². The first kappa shape index (κ1) is 8.49. The number of amides is 1. The molecule has 1 atom stereocenters. The quantitative estimate of drug-likeness (QED) is 0.527. The van der Waals surface area contributed by atoms with Gasteiger partial charge in [-0.05, 0) is 13.8 Å². The highest BCUT2D eigenvalue weighted by atomic mass is 16.5.